The van der Waals surface area contributed by atoms with Crippen LogP contribution in [0.1, 0.15) is 6.92 Å². The van der Waals surface area contributed by atoms with Crippen LogP contribution >= 0.6 is 0 Å². The summed E-state index contributed by atoms with van der Waals surface area (Å²) in [6, 6.07) is 0. The van der Waals surface area contributed by atoms with Gasteiger partial charge in [0, 0.05) is 18.7 Å². The van der Waals surface area contributed by atoms with Crippen molar-refractivity contribution in [3.8, 4) is 0 Å². The predicted octanol–water partition coefficient (Wildman–Crippen LogP) is -9.77. The normalized spacial score (nSPS) is 10.8. The molecule has 0 saturated heterocycles. The Kier molecular flexibility index (Phi) is 16.0. The summed E-state index contributed by atoms with van der Waals surface area (Å²) >= 11 is 0. The molecule has 1 atom stereocenters. The molecule has 20 heavy (non-hydrogen) atoms. The zero-order valence-electron chi connectivity index (χ0n) is 11.7. The number of carbonyl (C=O) groups is 3. The molecule has 0 aliphatic rings. The molecule has 0 spiro atoms. The summed E-state index contributed by atoms with van der Waals surface area (Å²) in [5.74, 6) is -3.95. The molecule has 0 aliphatic carbocycles. The Morgan fingerprint density at radius 3 is 1.90 bits per heavy atom. The third kappa shape index (κ3) is 11.9. The average molecular weight is 305 g/mol. The maximum atomic E-state index is 11.0. The summed E-state index contributed by atoms with van der Waals surface area (Å²) in [5.41, 5.74) is 0.0913. The van der Waals surface area contributed by atoms with Crippen molar-refractivity contribution in [3.63, 3.8) is 0 Å². The Hall–Kier alpha value is 0.0700. The van der Waals surface area contributed by atoms with Gasteiger partial charge >= 0.3 is 65.1 Å². The van der Waals surface area contributed by atoms with E-state index in [1.807, 2.05) is 0 Å². The summed E-state index contributed by atoms with van der Waals surface area (Å²) in [7, 11) is 0. The van der Waals surface area contributed by atoms with E-state index in [0.717, 1.165) is 0 Å². The van der Waals surface area contributed by atoms with E-state index in [4.69, 9.17) is 0 Å². The summed E-state index contributed by atoms with van der Waals surface area (Å²) in [4.78, 5) is 32.3. The zero-order valence-corrected chi connectivity index (χ0v) is 15.7. The van der Waals surface area contributed by atoms with E-state index >= 15 is 0 Å². The van der Waals surface area contributed by atoms with E-state index in [1.54, 1.807) is 0 Å². The van der Waals surface area contributed by atoms with Crippen LogP contribution in [0.4, 0.5) is 0 Å². The quantitative estimate of drug-likeness (QED) is 0.202. The van der Waals surface area contributed by atoms with Crippen molar-refractivity contribution < 1.29 is 93.6 Å². The molecule has 0 rings (SSSR count). The third-order valence-corrected chi connectivity index (χ3v) is 1.80. The van der Waals surface area contributed by atoms with Crippen LogP contribution in [-0.4, -0.2) is 53.8 Å². The van der Waals surface area contributed by atoms with Gasteiger partial charge in [0.25, 0.3) is 0 Å². The Morgan fingerprint density at radius 1 is 1.20 bits per heavy atom. The van der Waals surface area contributed by atoms with E-state index in [1.165, 1.54) is 6.92 Å². The SMILES string of the molecule is C=C(C)C(=O)OCC(O)N(CC(=O)[O-])CC(=O)[O-].[Na+].[Na+]. The van der Waals surface area contributed by atoms with Gasteiger partial charge in [-0.2, -0.15) is 0 Å². The first kappa shape index (κ1) is 25.0. The minimum absolute atomic E-state index is 0. The molecular formula is C10H13NNa2O7. The number of carboxylic acid groups (broad SMARTS) is 2. The first-order valence-electron chi connectivity index (χ1n) is 4.88. The fraction of sp³-hybridized carbons (Fsp3) is 0.500. The number of aliphatic carboxylic acids is 2. The fourth-order valence-electron chi connectivity index (χ4n) is 0.977. The molecule has 0 aromatic carbocycles. The molecule has 0 saturated carbocycles. The topological polar surface area (TPSA) is 130 Å². The summed E-state index contributed by atoms with van der Waals surface area (Å²) in [5, 5.41) is 30.2. The van der Waals surface area contributed by atoms with Crippen molar-refractivity contribution in [2.45, 2.75) is 13.2 Å². The van der Waals surface area contributed by atoms with Crippen LogP contribution < -0.4 is 69.3 Å². The van der Waals surface area contributed by atoms with Gasteiger partial charge in [0.05, 0.1) is 11.9 Å². The second-order valence-electron chi connectivity index (χ2n) is 3.51. The molecule has 0 aromatic heterocycles. The Bertz CT molecular complexity index is 346. The fourth-order valence-corrected chi connectivity index (χ4v) is 0.977. The van der Waals surface area contributed by atoms with Crippen molar-refractivity contribution in [2.24, 2.45) is 0 Å². The summed E-state index contributed by atoms with van der Waals surface area (Å²) in [6.45, 7) is 2.42. The number of esters is 1. The number of nitrogens with zero attached hydrogens (tertiary/aromatic N) is 1. The van der Waals surface area contributed by atoms with E-state index in [0.29, 0.717) is 4.90 Å². The molecule has 0 radical (unpaired) electrons. The molecule has 0 bridgehead atoms. The van der Waals surface area contributed by atoms with Crippen LogP contribution in [-0.2, 0) is 19.1 Å². The number of aliphatic hydroxyl groups excluding tert-OH is 1. The van der Waals surface area contributed by atoms with E-state index in [-0.39, 0.29) is 64.7 Å². The van der Waals surface area contributed by atoms with Crippen LogP contribution in [0, 0.1) is 0 Å². The number of hydrogen-bond donors (Lipinski definition) is 1. The van der Waals surface area contributed by atoms with Gasteiger partial charge in [-0.15, -0.1) is 0 Å². The molecule has 0 heterocycles. The van der Waals surface area contributed by atoms with Gasteiger partial charge in [-0.3, -0.25) is 4.90 Å². The average Bonchev–Trinajstić information content (AvgIpc) is 2.22. The minimum atomic E-state index is -1.59. The molecule has 0 amide bonds. The predicted molar refractivity (Wildman–Crippen MR) is 53.4 cm³/mol. The first-order valence-corrected chi connectivity index (χ1v) is 4.88. The van der Waals surface area contributed by atoms with Crippen LogP contribution in [0.25, 0.3) is 0 Å². The van der Waals surface area contributed by atoms with Gasteiger partial charge in [-0.05, 0) is 6.92 Å². The summed E-state index contributed by atoms with van der Waals surface area (Å²) in [6.07, 6.45) is -1.59. The van der Waals surface area contributed by atoms with E-state index in [2.05, 4.69) is 11.3 Å². The number of aliphatic hydroxyl groups is 1. The number of rotatable bonds is 8. The maximum Gasteiger partial charge on any atom is 1.00 e. The molecule has 8 nitrogen and oxygen atoms in total. The monoisotopic (exact) mass is 305 g/mol. The van der Waals surface area contributed by atoms with Crippen molar-refractivity contribution in [3.05, 3.63) is 12.2 Å². The van der Waals surface area contributed by atoms with Crippen molar-refractivity contribution in [2.75, 3.05) is 19.7 Å². The van der Waals surface area contributed by atoms with Gasteiger partial charge in [0.15, 0.2) is 0 Å². The smallest absolute Gasteiger partial charge is 0.549 e. The van der Waals surface area contributed by atoms with Gasteiger partial charge in [-0.1, -0.05) is 6.58 Å². The van der Waals surface area contributed by atoms with Crippen LogP contribution in [0.15, 0.2) is 12.2 Å². The molecule has 1 unspecified atom stereocenters. The molecule has 0 fully saturated rings. The molecule has 102 valence electrons. The van der Waals surface area contributed by atoms with Crippen LogP contribution in [0.2, 0.25) is 0 Å². The van der Waals surface area contributed by atoms with E-state index < -0.39 is 43.8 Å². The van der Waals surface area contributed by atoms with Crippen LogP contribution in [0.3, 0.4) is 0 Å². The standard InChI is InChI=1S/C10H15NO7.2Na/c1-6(2)10(17)18-5-7(12)11(3-8(13)14)4-9(15)16;;/h7,12H,1,3-5H2,2H3,(H,13,14)(H,15,16);;/q;2*+1/p-2. The Morgan fingerprint density at radius 2 is 1.60 bits per heavy atom. The molecule has 0 aromatic rings. The van der Waals surface area contributed by atoms with Crippen molar-refractivity contribution in [1.29, 1.82) is 0 Å². The van der Waals surface area contributed by atoms with E-state index in [9.17, 15) is 29.7 Å². The summed E-state index contributed by atoms with van der Waals surface area (Å²) < 4.78 is 4.55. The largest absolute Gasteiger partial charge is 1.00 e. The zero-order chi connectivity index (χ0) is 14.3. The first-order chi connectivity index (χ1) is 8.23. The number of hydrogen-bond acceptors (Lipinski definition) is 8. The molecule has 0 aliphatic heterocycles. The Labute approximate surface area is 160 Å². The van der Waals surface area contributed by atoms with Crippen LogP contribution in [0.5, 0.6) is 0 Å². The molecule has 1 N–H and O–H groups in total. The number of carboxylic acids is 2. The van der Waals surface area contributed by atoms with Gasteiger partial charge in [-0.25, -0.2) is 4.79 Å². The third-order valence-electron chi connectivity index (χ3n) is 1.80. The second-order valence-corrected chi connectivity index (χ2v) is 3.51. The minimum Gasteiger partial charge on any atom is -0.549 e. The van der Waals surface area contributed by atoms with Gasteiger partial charge < -0.3 is 29.6 Å². The molecular weight excluding hydrogens is 292 g/mol. The van der Waals surface area contributed by atoms with Gasteiger partial charge in [0.2, 0.25) is 0 Å². The van der Waals surface area contributed by atoms with Crippen molar-refractivity contribution in [1.82, 2.24) is 4.90 Å². The number of ether oxygens (including phenoxy) is 1. The molecule has 10 heteroatoms. The Balaban J connectivity index is -0.00000144. The number of carbonyl (C=O) groups excluding carboxylic acids is 3. The maximum absolute atomic E-state index is 11.0. The van der Waals surface area contributed by atoms with Gasteiger partial charge in [0.1, 0.15) is 12.8 Å². The van der Waals surface area contributed by atoms with Crippen molar-refractivity contribution >= 4 is 17.9 Å². The second kappa shape index (κ2) is 12.8.